The van der Waals surface area contributed by atoms with Crippen LogP contribution >= 0.6 is 11.3 Å². The molecule has 1 saturated heterocycles. The summed E-state index contributed by atoms with van der Waals surface area (Å²) in [5.74, 6) is 0. The third-order valence-corrected chi connectivity index (χ3v) is 4.37. The molecule has 0 aliphatic carbocycles. The number of nitrogens with zero attached hydrogens (tertiary/aromatic N) is 3. The smallest absolute Gasteiger partial charge is 0.185 e. The second-order valence-electron chi connectivity index (χ2n) is 4.98. The molecular weight excluding hydrogens is 244 g/mol. The molecule has 1 aliphatic heterocycles. The minimum atomic E-state index is 0.381. The molecule has 1 atom stereocenters. The fraction of sp³-hybridized carbons (Fsp3) is 0.769. The maximum absolute atomic E-state index is 6.06. The van der Waals surface area contributed by atoms with Crippen molar-refractivity contribution in [3.63, 3.8) is 0 Å². The third-order valence-electron chi connectivity index (χ3n) is 3.54. The molecule has 102 valence electrons. The van der Waals surface area contributed by atoms with E-state index in [-0.39, 0.29) is 0 Å². The normalized spacial score (nSPS) is 19.1. The van der Waals surface area contributed by atoms with Crippen molar-refractivity contribution in [2.75, 3.05) is 37.6 Å². The lowest BCUT2D eigenvalue weighted by Gasteiger charge is -2.34. The van der Waals surface area contributed by atoms with Gasteiger partial charge >= 0.3 is 0 Å². The molecule has 1 fully saturated rings. The topological polar surface area (TPSA) is 45.4 Å². The zero-order valence-corrected chi connectivity index (χ0v) is 12.0. The van der Waals surface area contributed by atoms with E-state index in [9.17, 15) is 0 Å². The number of thiazole rings is 1. The average Bonchev–Trinajstić information content (AvgIpc) is 2.91. The number of rotatable bonds is 6. The largest absolute Gasteiger partial charge is 0.346 e. The lowest BCUT2D eigenvalue weighted by molar-refractivity contribution is 0.246. The summed E-state index contributed by atoms with van der Waals surface area (Å²) in [6, 6.07) is 0.381. The van der Waals surface area contributed by atoms with Crippen molar-refractivity contribution in [3.05, 3.63) is 11.6 Å². The van der Waals surface area contributed by atoms with Gasteiger partial charge in [0.2, 0.25) is 0 Å². The Hall–Kier alpha value is -0.650. The summed E-state index contributed by atoms with van der Waals surface area (Å²) in [6.07, 6.45) is 5.36. The van der Waals surface area contributed by atoms with Crippen LogP contribution in [0.5, 0.6) is 0 Å². The maximum Gasteiger partial charge on any atom is 0.185 e. The molecule has 4 nitrogen and oxygen atoms in total. The first-order chi connectivity index (χ1) is 8.79. The number of nitrogens with two attached hydrogens (primary N) is 1. The van der Waals surface area contributed by atoms with Crippen molar-refractivity contribution in [1.29, 1.82) is 0 Å². The van der Waals surface area contributed by atoms with Gasteiger partial charge in [-0.25, -0.2) is 4.98 Å². The molecule has 0 bridgehead atoms. The van der Waals surface area contributed by atoms with Gasteiger partial charge in [0.1, 0.15) is 0 Å². The predicted molar refractivity (Wildman–Crippen MR) is 78.3 cm³/mol. The van der Waals surface area contributed by atoms with E-state index in [1.54, 1.807) is 11.3 Å². The van der Waals surface area contributed by atoms with E-state index >= 15 is 0 Å². The summed E-state index contributed by atoms with van der Waals surface area (Å²) in [4.78, 5) is 9.28. The molecule has 18 heavy (non-hydrogen) atoms. The highest BCUT2D eigenvalue weighted by Gasteiger charge is 2.18. The molecular formula is C13H24N4S. The summed E-state index contributed by atoms with van der Waals surface area (Å²) in [5.41, 5.74) is 6.06. The average molecular weight is 268 g/mol. The Bertz CT molecular complexity index is 320. The molecule has 0 aromatic carbocycles. The first kappa shape index (κ1) is 13.8. The van der Waals surface area contributed by atoms with Gasteiger partial charge in [0.05, 0.1) is 0 Å². The van der Waals surface area contributed by atoms with Gasteiger partial charge in [-0.1, -0.05) is 13.3 Å². The molecule has 2 N–H and O–H groups in total. The standard InChI is InChI=1S/C13H24N4S/c1-2-3-12(14)4-6-16-7-9-17(10-8-16)13-15-5-11-18-13/h5,11-12H,2-4,6-10,14H2,1H3. The van der Waals surface area contributed by atoms with Crippen LogP contribution in [0.15, 0.2) is 11.6 Å². The van der Waals surface area contributed by atoms with Crippen molar-refractivity contribution in [2.24, 2.45) is 5.73 Å². The Morgan fingerprint density at radius 1 is 1.33 bits per heavy atom. The number of hydrogen-bond acceptors (Lipinski definition) is 5. The quantitative estimate of drug-likeness (QED) is 0.854. The van der Waals surface area contributed by atoms with Crippen molar-refractivity contribution in [3.8, 4) is 0 Å². The molecule has 1 aromatic heterocycles. The molecule has 0 amide bonds. The van der Waals surface area contributed by atoms with E-state index in [0.29, 0.717) is 6.04 Å². The van der Waals surface area contributed by atoms with Crippen LogP contribution in [-0.2, 0) is 0 Å². The van der Waals surface area contributed by atoms with Crippen molar-refractivity contribution >= 4 is 16.5 Å². The Morgan fingerprint density at radius 3 is 2.72 bits per heavy atom. The van der Waals surface area contributed by atoms with E-state index < -0.39 is 0 Å². The number of aromatic nitrogens is 1. The van der Waals surface area contributed by atoms with Crippen LogP contribution in [0.3, 0.4) is 0 Å². The third kappa shape index (κ3) is 3.93. The highest BCUT2D eigenvalue weighted by molar-refractivity contribution is 7.13. The first-order valence-electron chi connectivity index (χ1n) is 6.92. The highest BCUT2D eigenvalue weighted by Crippen LogP contribution is 2.18. The zero-order chi connectivity index (χ0) is 12.8. The Kier molecular flexibility index (Phi) is 5.41. The molecule has 2 rings (SSSR count). The summed E-state index contributed by atoms with van der Waals surface area (Å²) >= 11 is 1.73. The summed E-state index contributed by atoms with van der Waals surface area (Å²) in [7, 11) is 0. The summed E-state index contributed by atoms with van der Waals surface area (Å²) in [6.45, 7) is 7.81. The summed E-state index contributed by atoms with van der Waals surface area (Å²) < 4.78 is 0. The number of piperazine rings is 1. The molecule has 2 heterocycles. The van der Waals surface area contributed by atoms with Crippen LogP contribution in [0, 0.1) is 0 Å². The van der Waals surface area contributed by atoms with Crippen LogP contribution in [0.2, 0.25) is 0 Å². The van der Waals surface area contributed by atoms with E-state index in [0.717, 1.165) is 50.7 Å². The van der Waals surface area contributed by atoms with Gasteiger partial charge in [-0.05, 0) is 19.4 Å². The van der Waals surface area contributed by atoms with Gasteiger partial charge in [-0.15, -0.1) is 11.3 Å². The van der Waals surface area contributed by atoms with Crippen LogP contribution in [0.25, 0.3) is 0 Å². The SMILES string of the molecule is CCCC(N)CCN1CCN(c2nccs2)CC1. The lowest BCUT2D eigenvalue weighted by atomic mass is 10.1. The van der Waals surface area contributed by atoms with Crippen molar-refractivity contribution < 1.29 is 0 Å². The van der Waals surface area contributed by atoms with Crippen LogP contribution in [0.1, 0.15) is 26.2 Å². The van der Waals surface area contributed by atoms with Crippen LogP contribution < -0.4 is 10.6 Å². The fourth-order valence-electron chi connectivity index (χ4n) is 2.40. The van der Waals surface area contributed by atoms with Crippen LogP contribution in [-0.4, -0.2) is 48.6 Å². The molecule has 0 saturated carbocycles. The van der Waals surface area contributed by atoms with Gasteiger partial charge in [-0.2, -0.15) is 0 Å². The summed E-state index contributed by atoms with van der Waals surface area (Å²) in [5, 5.41) is 3.21. The molecule has 5 heteroatoms. The first-order valence-corrected chi connectivity index (χ1v) is 7.80. The van der Waals surface area contributed by atoms with Gasteiger partial charge in [0.15, 0.2) is 5.13 Å². The molecule has 1 aromatic rings. The fourth-order valence-corrected chi connectivity index (χ4v) is 3.10. The Labute approximate surface area is 114 Å². The minimum Gasteiger partial charge on any atom is -0.346 e. The van der Waals surface area contributed by atoms with Gasteiger partial charge in [0, 0.05) is 43.8 Å². The van der Waals surface area contributed by atoms with E-state index in [1.807, 2.05) is 11.6 Å². The molecule has 1 unspecified atom stereocenters. The minimum absolute atomic E-state index is 0.381. The predicted octanol–water partition coefficient (Wildman–Crippen LogP) is 1.78. The zero-order valence-electron chi connectivity index (χ0n) is 11.2. The van der Waals surface area contributed by atoms with Gasteiger partial charge in [-0.3, -0.25) is 4.90 Å². The lowest BCUT2D eigenvalue weighted by Crippen LogP contribution is -2.47. The molecule has 1 aliphatic rings. The van der Waals surface area contributed by atoms with E-state index in [4.69, 9.17) is 5.73 Å². The number of hydrogen-bond donors (Lipinski definition) is 1. The van der Waals surface area contributed by atoms with E-state index in [2.05, 4.69) is 21.7 Å². The molecule has 0 radical (unpaired) electrons. The van der Waals surface area contributed by atoms with Gasteiger partial charge < -0.3 is 10.6 Å². The second-order valence-corrected chi connectivity index (χ2v) is 5.85. The Morgan fingerprint density at radius 2 is 2.11 bits per heavy atom. The van der Waals surface area contributed by atoms with Crippen molar-refractivity contribution in [2.45, 2.75) is 32.2 Å². The van der Waals surface area contributed by atoms with Gasteiger partial charge in [0.25, 0.3) is 0 Å². The number of anilines is 1. The van der Waals surface area contributed by atoms with Crippen molar-refractivity contribution in [1.82, 2.24) is 9.88 Å². The van der Waals surface area contributed by atoms with E-state index in [1.165, 1.54) is 6.42 Å². The van der Waals surface area contributed by atoms with Crippen LogP contribution in [0.4, 0.5) is 5.13 Å². The molecule has 0 spiro atoms. The second kappa shape index (κ2) is 7.07. The maximum atomic E-state index is 6.06. The highest BCUT2D eigenvalue weighted by atomic mass is 32.1. The monoisotopic (exact) mass is 268 g/mol. The Balaban J connectivity index is 1.67.